The highest BCUT2D eigenvalue weighted by atomic mass is 32.2. The van der Waals surface area contributed by atoms with Gasteiger partial charge in [0.15, 0.2) is 11.5 Å². The molecule has 34 heavy (non-hydrogen) atoms. The molecule has 174 valence electrons. The minimum atomic E-state index is -0.192. The Morgan fingerprint density at radius 2 is 1.76 bits per heavy atom. The van der Waals surface area contributed by atoms with Crippen LogP contribution in [-0.2, 0) is 6.42 Å². The monoisotopic (exact) mass is 476 g/mol. The van der Waals surface area contributed by atoms with Crippen molar-refractivity contribution in [2.24, 2.45) is 5.10 Å². The fourth-order valence-electron chi connectivity index (χ4n) is 3.41. The van der Waals surface area contributed by atoms with E-state index in [-0.39, 0.29) is 11.1 Å². The van der Waals surface area contributed by atoms with Gasteiger partial charge in [-0.25, -0.2) is 5.01 Å². The topological polar surface area (TPSA) is 93.1 Å². The number of methoxy groups -OCH3 is 2. The summed E-state index contributed by atoms with van der Waals surface area (Å²) in [5.41, 5.74) is 3.97. The minimum absolute atomic E-state index is 0.0783. The molecule has 0 saturated carbocycles. The molecular weight excluding hydrogens is 452 g/mol. The van der Waals surface area contributed by atoms with Crippen molar-refractivity contribution in [1.29, 1.82) is 0 Å². The summed E-state index contributed by atoms with van der Waals surface area (Å²) in [5.74, 6) is 1.57. The highest BCUT2D eigenvalue weighted by Crippen LogP contribution is 2.29. The molecule has 0 bridgehead atoms. The van der Waals surface area contributed by atoms with Crippen molar-refractivity contribution in [2.45, 2.75) is 6.42 Å². The molecule has 1 aliphatic rings. The van der Waals surface area contributed by atoms with Crippen LogP contribution in [0.5, 0.6) is 11.5 Å². The number of benzene rings is 2. The molecule has 9 heteroatoms. The normalized spacial score (nSPS) is 13.3. The van der Waals surface area contributed by atoms with Crippen molar-refractivity contribution in [1.82, 2.24) is 9.99 Å². The highest BCUT2D eigenvalue weighted by molar-refractivity contribution is 8.14. The molecule has 1 aliphatic heterocycles. The molecule has 0 unspecified atom stereocenters. The second kappa shape index (κ2) is 10.8. The molecule has 0 spiro atoms. The summed E-state index contributed by atoms with van der Waals surface area (Å²) >= 11 is 1.23. The quantitative estimate of drug-likeness (QED) is 0.516. The third kappa shape index (κ3) is 5.55. The maximum Gasteiger partial charge on any atom is 0.302 e. The number of pyridine rings is 1. The van der Waals surface area contributed by atoms with E-state index in [9.17, 15) is 9.59 Å². The Morgan fingerprint density at radius 1 is 1.03 bits per heavy atom. The lowest BCUT2D eigenvalue weighted by Gasteiger charge is -2.23. The molecular formula is C25H24N4O4S. The van der Waals surface area contributed by atoms with Gasteiger partial charge in [-0.15, -0.1) is 0 Å². The van der Waals surface area contributed by atoms with Crippen LogP contribution in [0.3, 0.4) is 0 Å². The number of hydrazone groups is 1. The number of anilines is 1. The fourth-order valence-corrected chi connectivity index (χ4v) is 4.18. The van der Waals surface area contributed by atoms with Crippen molar-refractivity contribution >= 4 is 34.3 Å². The van der Waals surface area contributed by atoms with Gasteiger partial charge in [0.2, 0.25) is 0 Å². The van der Waals surface area contributed by atoms with E-state index in [1.807, 2.05) is 42.5 Å². The third-order valence-electron chi connectivity index (χ3n) is 5.27. The minimum Gasteiger partial charge on any atom is -0.493 e. The lowest BCUT2D eigenvalue weighted by Crippen LogP contribution is -2.31. The first kappa shape index (κ1) is 23.3. The van der Waals surface area contributed by atoms with Crippen LogP contribution >= 0.6 is 11.8 Å². The van der Waals surface area contributed by atoms with Crippen molar-refractivity contribution in [3.63, 3.8) is 0 Å². The number of hydrogen-bond donors (Lipinski definition) is 1. The molecule has 0 fully saturated rings. The Bertz CT molecular complexity index is 1200. The maximum absolute atomic E-state index is 12.4. The van der Waals surface area contributed by atoms with Gasteiger partial charge < -0.3 is 14.8 Å². The van der Waals surface area contributed by atoms with E-state index < -0.39 is 0 Å². The zero-order valence-electron chi connectivity index (χ0n) is 18.9. The van der Waals surface area contributed by atoms with Gasteiger partial charge in [-0.1, -0.05) is 23.9 Å². The summed E-state index contributed by atoms with van der Waals surface area (Å²) in [6.07, 6.45) is 3.79. The summed E-state index contributed by atoms with van der Waals surface area (Å²) in [6.45, 7) is 0.450. The fraction of sp³-hybridized carbons (Fsp3) is 0.200. The molecule has 0 aliphatic carbocycles. The number of carbonyl (C=O) groups is 2. The van der Waals surface area contributed by atoms with Gasteiger partial charge in [0.1, 0.15) is 0 Å². The molecule has 3 aromatic rings. The Kier molecular flexibility index (Phi) is 7.44. The Hall–Kier alpha value is -3.85. The van der Waals surface area contributed by atoms with E-state index in [0.29, 0.717) is 41.5 Å². The molecule has 8 nitrogen and oxygen atoms in total. The first-order valence-electron chi connectivity index (χ1n) is 10.6. The van der Waals surface area contributed by atoms with Crippen LogP contribution in [0.1, 0.15) is 21.5 Å². The van der Waals surface area contributed by atoms with E-state index in [0.717, 1.165) is 16.8 Å². The van der Waals surface area contributed by atoms with E-state index >= 15 is 0 Å². The average Bonchev–Trinajstić information content (AvgIpc) is 2.89. The van der Waals surface area contributed by atoms with Gasteiger partial charge in [-0.3, -0.25) is 14.6 Å². The SMILES string of the molecule is COc1ccc(C2=NN(CCc3ccc(NC(=O)c4ccncc4)cc3)C(=O)SC2)cc1OC. The number of aromatic nitrogens is 1. The van der Waals surface area contributed by atoms with Crippen molar-refractivity contribution < 1.29 is 19.1 Å². The maximum atomic E-state index is 12.4. The van der Waals surface area contributed by atoms with Crippen LogP contribution in [0.15, 0.2) is 72.1 Å². The number of nitrogens with zero attached hydrogens (tertiary/aromatic N) is 3. The summed E-state index contributed by atoms with van der Waals surface area (Å²) < 4.78 is 10.7. The molecule has 2 aromatic carbocycles. The van der Waals surface area contributed by atoms with Gasteiger partial charge in [-0.05, 0) is 54.4 Å². The number of nitrogens with one attached hydrogen (secondary N) is 1. The van der Waals surface area contributed by atoms with E-state index in [1.165, 1.54) is 16.8 Å². The van der Waals surface area contributed by atoms with Gasteiger partial charge in [0.05, 0.1) is 19.9 Å². The van der Waals surface area contributed by atoms with Gasteiger partial charge in [0, 0.05) is 41.5 Å². The lowest BCUT2D eigenvalue weighted by molar-refractivity contribution is 0.102. The lowest BCUT2D eigenvalue weighted by atomic mass is 10.1. The van der Waals surface area contributed by atoms with E-state index in [2.05, 4.69) is 15.4 Å². The van der Waals surface area contributed by atoms with Crippen LogP contribution in [-0.4, -0.2) is 53.4 Å². The van der Waals surface area contributed by atoms with Gasteiger partial charge in [-0.2, -0.15) is 5.10 Å². The number of hydrogen-bond acceptors (Lipinski definition) is 7. The zero-order valence-corrected chi connectivity index (χ0v) is 19.7. The zero-order chi connectivity index (χ0) is 23.9. The van der Waals surface area contributed by atoms with E-state index in [1.54, 1.807) is 38.7 Å². The number of amides is 2. The van der Waals surface area contributed by atoms with Crippen molar-refractivity contribution in [3.05, 3.63) is 83.7 Å². The van der Waals surface area contributed by atoms with Crippen LogP contribution in [0.25, 0.3) is 0 Å². The third-order valence-corrected chi connectivity index (χ3v) is 6.14. The molecule has 0 saturated heterocycles. The second-order valence-electron chi connectivity index (χ2n) is 7.43. The Morgan fingerprint density at radius 3 is 2.47 bits per heavy atom. The molecule has 4 rings (SSSR count). The molecule has 0 atom stereocenters. The largest absolute Gasteiger partial charge is 0.493 e. The second-order valence-corrected chi connectivity index (χ2v) is 8.36. The van der Waals surface area contributed by atoms with Crippen molar-refractivity contribution in [2.75, 3.05) is 31.8 Å². The first-order valence-corrected chi connectivity index (χ1v) is 11.6. The highest BCUT2D eigenvalue weighted by Gasteiger charge is 2.22. The summed E-state index contributed by atoms with van der Waals surface area (Å²) in [5, 5.41) is 8.88. The van der Waals surface area contributed by atoms with E-state index in [4.69, 9.17) is 9.47 Å². The number of ether oxygens (including phenoxy) is 2. The van der Waals surface area contributed by atoms with Crippen LogP contribution in [0.4, 0.5) is 10.5 Å². The summed E-state index contributed by atoms with van der Waals surface area (Å²) in [6, 6.07) is 16.5. The van der Waals surface area contributed by atoms with Crippen molar-refractivity contribution in [3.8, 4) is 11.5 Å². The van der Waals surface area contributed by atoms with Crippen LogP contribution < -0.4 is 14.8 Å². The molecule has 2 amide bonds. The average molecular weight is 477 g/mol. The van der Waals surface area contributed by atoms with Crippen LogP contribution in [0.2, 0.25) is 0 Å². The molecule has 2 heterocycles. The number of rotatable bonds is 8. The standard InChI is InChI=1S/C25H24N4O4S/c1-32-22-8-5-19(15-23(22)33-2)21-16-34-25(31)29(28-21)14-11-17-3-6-20(7-4-17)27-24(30)18-9-12-26-13-10-18/h3-10,12-13,15H,11,14,16H2,1-2H3,(H,27,30). The predicted octanol–water partition coefficient (Wildman–Crippen LogP) is 4.47. The molecule has 0 radical (unpaired) electrons. The van der Waals surface area contributed by atoms with Gasteiger partial charge >= 0.3 is 5.24 Å². The number of thioether (sulfide) groups is 1. The number of carbonyl (C=O) groups excluding carboxylic acids is 2. The first-order chi connectivity index (χ1) is 16.6. The Labute approximate surface area is 202 Å². The molecule has 1 N–H and O–H groups in total. The van der Waals surface area contributed by atoms with Crippen LogP contribution in [0, 0.1) is 0 Å². The smallest absolute Gasteiger partial charge is 0.302 e. The summed E-state index contributed by atoms with van der Waals surface area (Å²) in [4.78, 5) is 28.6. The molecule has 1 aromatic heterocycles. The van der Waals surface area contributed by atoms with Gasteiger partial charge in [0.25, 0.3) is 5.91 Å². The Balaban J connectivity index is 1.39. The summed E-state index contributed by atoms with van der Waals surface area (Å²) in [7, 11) is 3.18. The predicted molar refractivity (Wildman–Crippen MR) is 133 cm³/mol.